The molecule has 0 atom stereocenters. The van der Waals surface area contributed by atoms with E-state index in [1.54, 1.807) is 6.07 Å². The van der Waals surface area contributed by atoms with E-state index in [4.69, 9.17) is 0 Å². The number of hydrogen-bond acceptors (Lipinski definition) is 8. The average molecular weight is 521 g/mol. The second-order valence-corrected chi connectivity index (χ2v) is 8.06. The van der Waals surface area contributed by atoms with Crippen LogP contribution in [0, 0.1) is 27.2 Å². The minimum absolute atomic E-state index is 0.0925. The first-order chi connectivity index (χ1) is 16.4. The maximum absolute atomic E-state index is 11.7. The SMILES string of the molecule is Cc1c([N+](=O)[O-])cc(Br)c(N=Nc2ccc(NNc3ccccc3)c3ccccc23)c1[N+](=O)[O-]. The van der Waals surface area contributed by atoms with E-state index in [1.807, 2.05) is 60.7 Å². The zero-order valence-electron chi connectivity index (χ0n) is 17.7. The van der Waals surface area contributed by atoms with Crippen LogP contribution in [0.5, 0.6) is 0 Å². The molecule has 4 aromatic rings. The molecular formula is C23H17BrN6O4. The van der Waals surface area contributed by atoms with Gasteiger partial charge in [0.1, 0.15) is 5.56 Å². The van der Waals surface area contributed by atoms with Gasteiger partial charge in [-0.2, -0.15) is 0 Å². The summed E-state index contributed by atoms with van der Waals surface area (Å²) < 4.78 is 0.106. The number of azo groups is 1. The fourth-order valence-electron chi connectivity index (χ4n) is 3.46. The summed E-state index contributed by atoms with van der Waals surface area (Å²) in [6.07, 6.45) is 0. The predicted molar refractivity (Wildman–Crippen MR) is 134 cm³/mol. The van der Waals surface area contributed by atoms with E-state index in [1.165, 1.54) is 13.0 Å². The molecular weight excluding hydrogens is 504 g/mol. The third kappa shape index (κ3) is 4.55. The van der Waals surface area contributed by atoms with Crippen molar-refractivity contribution in [2.75, 3.05) is 10.9 Å². The molecule has 0 radical (unpaired) electrons. The molecule has 4 rings (SSSR count). The maximum Gasteiger partial charge on any atom is 0.307 e. The summed E-state index contributed by atoms with van der Waals surface area (Å²) >= 11 is 3.17. The number of fused-ring (bicyclic) bond motifs is 1. The minimum atomic E-state index is -0.693. The molecule has 11 heteroatoms. The van der Waals surface area contributed by atoms with Crippen molar-refractivity contribution in [2.24, 2.45) is 10.2 Å². The molecule has 0 aliphatic carbocycles. The number of hydrazine groups is 1. The lowest BCUT2D eigenvalue weighted by atomic mass is 10.1. The standard InChI is InChI=1S/C23H17BrN6O4/c1-14-21(29(31)32)13-18(24)22(23(14)30(33)34)28-27-20-12-11-19(16-9-5-6-10-17(16)20)26-25-15-7-3-2-4-8-15/h2-13,25-26H,1H3. The van der Waals surface area contributed by atoms with Crippen LogP contribution in [0.15, 0.2) is 87.5 Å². The lowest BCUT2D eigenvalue weighted by molar-refractivity contribution is -0.394. The topological polar surface area (TPSA) is 135 Å². The Morgan fingerprint density at radius 2 is 1.50 bits per heavy atom. The number of nitrogens with one attached hydrogen (secondary N) is 2. The zero-order valence-corrected chi connectivity index (χ0v) is 19.3. The van der Waals surface area contributed by atoms with Crippen LogP contribution in [0.1, 0.15) is 5.56 Å². The molecule has 0 aliphatic heterocycles. The molecule has 0 bridgehead atoms. The van der Waals surface area contributed by atoms with Crippen LogP contribution >= 0.6 is 15.9 Å². The molecule has 0 unspecified atom stereocenters. The minimum Gasteiger partial charge on any atom is -0.301 e. The van der Waals surface area contributed by atoms with E-state index in [-0.39, 0.29) is 21.4 Å². The van der Waals surface area contributed by atoms with Crippen LogP contribution < -0.4 is 10.9 Å². The number of benzene rings is 4. The van der Waals surface area contributed by atoms with Gasteiger partial charge in [0.2, 0.25) is 0 Å². The molecule has 0 saturated heterocycles. The predicted octanol–water partition coefficient (Wildman–Crippen LogP) is 7.58. The van der Waals surface area contributed by atoms with Crippen molar-refractivity contribution in [3.63, 3.8) is 0 Å². The Morgan fingerprint density at radius 1 is 0.824 bits per heavy atom. The first-order valence-electron chi connectivity index (χ1n) is 9.99. The fraction of sp³-hybridized carbons (Fsp3) is 0.0435. The largest absolute Gasteiger partial charge is 0.307 e. The van der Waals surface area contributed by atoms with Crippen molar-refractivity contribution in [1.82, 2.24) is 0 Å². The number of anilines is 2. The Bertz CT molecular complexity index is 1440. The summed E-state index contributed by atoms with van der Waals surface area (Å²) in [5.41, 5.74) is 7.46. The highest BCUT2D eigenvalue weighted by Crippen LogP contribution is 2.43. The van der Waals surface area contributed by atoms with Crippen molar-refractivity contribution < 1.29 is 9.85 Å². The molecule has 0 spiro atoms. The Balaban J connectivity index is 1.73. The summed E-state index contributed by atoms with van der Waals surface area (Å²) in [5, 5.41) is 32.9. The summed E-state index contributed by atoms with van der Waals surface area (Å²) in [4.78, 5) is 21.6. The third-order valence-corrected chi connectivity index (χ3v) is 5.71. The molecule has 0 saturated carbocycles. The van der Waals surface area contributed by atoms with Crippen molar-refractivity contribution >= 4 is 60.8 Å². The molecule has 0 fully saturated rings. The normalized spacial score (nSPS) is 11.0. The number of hydrogen-bond donors (Lipinski definition) is 2. The number of halogens is 1. The second kappa shape index (κ2) is 9.63. The molecule has 170 valence electrons. The van der Waals surface area contributed by atoms with Crippen LogP contribution in [0.2, 0.25) is 0 Å². The van der Waals surface area contributed by atoms with Gasteiger partial charge in [-0.05, 0) is 47.1 Å². The maximum atomic E-state index is 11.7. The molecule has 0 aliphatic rings. The van der Waals surface area contributed by atoms with E-state index in [0.717, 1.165) is 22.1 Å². The number of rotatable bonds is 7. The van der Waals surface area contributed by atoms with Gasteiger partial charge in [0.25, 0.3) is 5.69 Å². The van der Waals surface area contributed by atoms with Gasteiger partial charge >= 0.3 is 5.69 Å². The highest BCUT2D eigenvalue weighted by molar-refractivity contribution is 9.10. The van der Waals surface area contributed by atoms with E-state index >= 15 is 0 Å². The van der Waals surface area contributed by atoms with Gasteiger partial charge in [0.05, 0.1) is 31.4 Å². The number of nitro groups is 2. The third-order valence-electron chi connectivity index (χ3n) is 5.11. The summed E-state index contributed by atoms with van der Waals surface area (Å²) in [6.45, 7) is 1.32. The van der Waals surface area contributed by atoms with Crippen molar-refractivity contribution in [2.45, 2.75) is 6.92 Å². The zero-order chi connectivity index (χ0) is 24.2. The van der Waals surface area contributed by atoms with Crippen LogP contribution in [0.25, 0.3) is 10.8 Å². The van der Waals surface area contributed by atoms with E-state index < -0.39 is 15.5 Å². The van der Waals surface area contributed by atoms with E-state index in [0.29, 0.717) is 5.69 Å². The van der Waals surface area contributed by atoms with Gasteiger partial charge in [0.15, 0.2) is 5.69 Å². The summed E-state index contributed by atoms with van der Waals surface area (Å²) in [7, 11) is 0. The lowest BCUT2D eigenvalue weighted by Crippen LogP contribution is -2.08. The molecule has 0 heterocycles. The van der Waals surface area contributed by atoms with Gasteiger partial charge in [0, 0.05) is 16.8 Å². The number of nitro benzene ring substituents is 2. The Morgan fingerprint density at radius 3 is 2.18 bits per heavy atom. The second-order valence-electron chi connectivity index (χ2n) is 7.21. The molecule has 2 N–H and O–H groups in total. The highest BCUT2D eigenvalue weighted by atomic mass is 79.9. The fourth-order valence-corrected chi connectivity index (χ4v) is 3.94. The monoisotopic (exact) mass is 520 g/mol. The smallest absolute Gasteiger partial charge is 0.301 e. The van der Waals surface area contributed by atoms with Gasteiger partial charge in [-0.25, -0.2) is 0 Å². The van der Waals surface area contributed by atoms with Crippen LogP contribution in [0.3, 0.4) is 0 Å². The molecule has 0 amide bonds. The van der Waals surface area contributed by atoms with E-state index in [9.17, 15) is 20.2 Å². The molecule has 0 aromatic heterocycles. The highest BCUT2D eigenvalue weighted by Gasteiger charge is 2.29. The van der Waals surface area contributed by atoms with Crippen molar-refractivity contribution in [3.8, 4) is 0 Å². The molecule has 4 aromatic carbocycles. The Kier molecular flexibility index (Phi) is 6.46. The van der Waals surface area contributed by atoms with Crippen LogP contribution in [-0.4, -0.2) is 9.85 Å². The summed E-state index contributed by atoms with van der Waals surface area (Å²) in [6, 6.07) is 21.9. The van der Waals surface area contributed by atoms with Crippen LogP contribution in [-0.2, 0) is 0 Å². The van der Waals surface area contributed by atoms with E-state index in [2.05, 4.69) is 37.0 Å². The van der Waals surface area contributed by atoms with Crippen molar-refractivity contribution in [3.05, 3.63) is 103 Å². The quantitative estimate of drug-likeness (QED) is 0.146. The number of nitrogens with zero attached hydrogens (tertiary/aromatic N) is 4. The van der Waals surface area contributed by atoms with Crippen LogP contribution in [0.4, 0.5) is 34.1 Å². The van der Waals surface area contributed by atoms with Crippen molar-refractivity contribution in [1.29, 1.82) is 0 Å². The Hall–Kier alpha value is -4.38. The average Bonchev–Trinajstić information content (AvgIpc) is 2.83. The van der Waals surface area contributed by atoms with Gasteiger partial charge < -0.3 is 10.9 Å². The first-order valence-corrected chi connectivity index (χ1v) is 10.8. The summed E-state index contributed by atoms with van der Waals surface area (Å²) in [5.74, 6) is 0. The van der Waals surface area contributed by atoms with Gasteiger partial charge in [-0.15, -0.1) is 10.2 Å². The first kappa shape index (κ1) is 22.8. The lowest BCUT2D eigenvalue weighted by Gasteiger charge is -2.13. The van der Waals surface area contributed by atoms with Gasteiger partial charge in [-0.1, -0.05) is 42.5 Å². The van der Waals surface area contributed by atoms with Gasteiger partial charge in [-0.3, -0.25) is 20.2 Å². The number of para-hydroxylation sites is 1. The molecule has 10 nitrogen and oxygen atoms in total. The Labute approximate surface area is 201 Å². The molecule has 34 heavy (non-hydrogen) atoms.